The third kappa shape index (κ3) is 5.17. The Balaban J connectivity index is 1.39. The normalized spacial score (nSPS) is 14.4. The summed E-state index contributed by atoms with van der Waals surface area (Å²) in [5.74, 6) is 0.620. The summed E-state index contributed by atoms with van der Waals surface area (Å²) in [6, 6.07) is 25.0. The van der Waals surface area contributed by atoms with Gasteiger partial charge in [0.25, 0.3) is 0 Å². The van der Waals surface area contributed by atoms with Crippen LogP contribution < -0.4 is 4.74 Å². The smallest absolute Gasteiger partial charge is 0.306 e. The number of hydrogen-bond acceptors (Lipinski definition) is 5. The molecule has 0 amide bonds. The minimum Gasteiger partial charge on any atom is -0.489 e. The molecular formula is C27H28O4S. The molecule has 0 unspecified atom stereocenters. The molecular weight excluding hydrogens is 420 g/mol. The van der Waals surface area contributed by atoms with Gasteiger partial charge in [-0.05, 0) is 65.8 Å². The second kappa shape index (κ2) is 10.2. The number of esters is 1. The van der Waals surface area contributed by atoms with Crippen molar-refractivity contribution in [2.45, 2.75) is 30.3 Å². The van der Waals surface area contributed by atoms with Crippen LogP contribution in [0.25, 0.3) is 11.1 Å². The van der Waals surface area contributed by atoms with E-state index in [0.717, 1.165) is 16.9 Å². The number of ether oxygens (including phenoxy) is 3. The second-order valence-electron chi connectivity index (χ2n) is 8.00. The van der Waals surface area contributed by atoms with Gasteiger partial charge in [0.1, 0.15) is 12.4 Å². The lowest BCUT2D eigenvalue weighted by Crippen LogP contribution is -2.48. The Bertz CT molecular complexity index is 1040. The number of thioether (sulfide) groups is 1. The van der Waals surface area contributed by atoms with Crippen LogP contribution in [0.15, 0.2) is 77.7 Å². The number of hydrogen-bond donors (Lipinski definition) is 0. The van der Waals surface area contributed by atoms with Crippen LogP contribution in [0.3, 0.4) is 0 Å². The fraction of sp³-hybridized carbons (Fsp3) is 0.296. The molecule has 3 aromatic rings. The van der Waals surface area contributed by atoms with Crippen LogP contribution in [0.2, 0.25) is 0 Å². The molecule has 4 nitrogen and oxygen atoms in total. The summed E-state index contributed by atoms with van der Waals surface area (Å²) in [7, 11) is 0. The van der Waals surface area contributed by atoms with Crippen LogP contribution >= 0.6 is 11.8 Å². The fourth-order valence-electron chi connectivity index (χ4n) is 3.90. The Morgan fingerprint density at radius 2 is 1.75 bits per heavy atom. The average molecular weight is 449 g/mol. The number of carbonyl (C=O) groups excluding carboxylic acids is 1. The molecule has 1 aliphatic heterocycles. The molecule has 1 heterocycles. The zero-order valence-corrected chi connectivity index (χ0v) is 19.3. The van der Waals surface area contributed by atoms with Crippen molar-refractivity contribution in [3.05, 3.63) is 83.9 Å². The molecule has 0 aromatic heterocycles. The van der Waals surface area contributed by atoms with Gasteiger partial charge in [-0.25, -0.2) is 0 Å². The van der Waals surface area contributed by atoms with Crippen molar-refractivity contribution in [2.24, 2.45) is 0 Å². The Kier molecular flexibility index (Phi) is 7.18. The maximum absolute atomic E-state index is 12.0. The largest absolute Gasteiger partial charge is 0.489 e. The van der Waals surface area contributed by atoms with E-state index in [-0.39, 0.29) is 11.4 Å². The van der Waals surface area contributed by atoms with Gasteiger partial charge in [0.05, 0.1) is 31.7 Å². The highest BCUT2D eigenvalue weighted by molar-refractivity contribution is 7.98. The highest BCUT2D eigenvalue weighted by Crippen LogP contribution is 2.37. The van der Waals surface area contributed by atoms with Crippen LogP contribution in [0, 0.1) is 0 Å². The maximum Gasteiger partial charge on any atom is 0.306 e. The van der Waals surface area contributed by atoms with E-state index in [1.165, 1.54) is 16.0 Å². The molecule has 1 aliphatic rings. The number of rotatable bonds is 9. The first-order valence-electron chi connectivity index (χ1n) is 10.8. The lowest BCUT2D eigenvalue weighted by Gasteiger charge is -2.41. The monoisotopic (exact) mass is 448 g/mol. The number of carbonyl (C=O) groups is 1. The molecule has 4 rings (SSSR count). The molecule has 0 aliphatic carbocycles. The van der Waals surface area contributed by atoms with Gasteiger partial charge in [-0.2, -0.15) is 0 Å². The van der Waals surface area contributed by atoms with E-state index in [9.17, 15) is 4.79 Å². The molecule has 3 aromatic carbocycles. The van der Waals surface area contributed by atoms with Gasteiger partial charge in [0.15, 0.2) is 0 Å². The average Bonchev–Trinajstić information content (AvgIpc) is 2.81. The topological polar surface area (TPSA) is 44.8 Å². The molecule has 0 N–H and O–H groups in total. The van der Waals surface area contributed by atoms with Crippen molar-refractivity contribution in [3.8, 4) is 16.9 Å². The van der Waals surface area contributed by atoms with E-state index in [0.29, 0.717) is 32.8 Å². The van der Waals surface area contributed by atoms with Crippen molar-refractivity contribution in [2.75, 3.05) is 26.1 Å². The van der Waals surface area contributed by atoms with E-state index in [4.69, 9.17) is 14.2 Å². The fourth-order valence-corrected chi connectivity index (χ4v) is 4.31. The Morgan fingerprint density at radius 3 is 2.38 bits per heavy atom. The molecule has 1 fully saturated rings. The number of benzene rings is 3. The Labute approximate surface area is 193 Å². The summed E-state index contributed by atoms with van der Waals surface area (Å²) in [4.78, 5) is 13.3. The Morgan fingerprint density at radius 1 is 1.00 bits per heavy atom. The van der Waals surface area contributed by atoms with Gasteiger partial charge in [0, 0.05) is 4.90 Å². The van der Waals surface area contributed by atoms with Crippen molar-refractivity contribution < 1.29 is 19.0 Å². The van der Waals surface area contributed by atoms with Crippen LogP contribution in [0.1, 0.15) is 24.5 Å². The van der Waals surface area contributed by atoms with Gasteiger partial charge < -0.3 is 14.2 Å². The third-order valence-electron chi connectivity index (χ3n) is 5.77. The SMILES string of the molecule is CCOC(=O)CC1(c2ccc(OCc3cccc(-c4ccc(SC)cc4)c3)cc2)COC1. The highest BCUT2D eigenvalue weighted by atomic mass is 32.2. The van der Waals surface area contributed by atoms with Crippen LogP contribution in [0.4, 0.5) is 0 Å². The quantitative estimate of drug-likeness (QED) is 0.302. The third-order valence-corrected chi connectivity index (χ3v) is 6.51. The zero-order chi connectivity index (χ0) is 22.4. The van der Waals surface area contributed by atoms with Crippen molar-refractivity contribution in [3.63, 3.8) is 0 Å². The maximum atomic E-state index is 12.0. The van der Waals surface area contributed by atoms with Gasteiger partial charge in [-0.1, -0.05) is 42.5 Å². The minimum atomic E-state index is -0.287. The van der Waals surface area contributed by atoms with Gasteiger partial charge in [-0.15, -0.1) is 11.8 Å². The summed E-state index contributed by atoms with van der Waals surface area (Å²) in [5.41, 5.74) is 4.29. The molecule has 0 atom stereocenters. The van der Waals surface area contributed by atoms with Crippen molar-refractivity contribution in [1.29, 1.82) is 0 Å². The molecule has 0 saturated carbocycles. The van der Waals surface area contributed by atoms with E-state index >= 15 is 0 Å². The van der Waals surface area contributed by atoms with Crippen LogP contribution in [0.5, 0.6) is 5.75 Å². The summed E-state index contributed by atoms with van der Waals surface area (Å²) >= 11 is 1.74. The summed E-state index contributed by atoms with van der Waals surface area (Å²) in [5, 5.41) is 0. The predicted octanol–water partition coefficient (Wildman–Crippen LogP) is 5.88. The highest BCUT2D eigenvalue weighted by Gasteiger charge is 2.42. The summed E-state index contributed by atoms with van der Waals surface area (Å²) in [6.45, 7) is 3.79. The van der Waals surface area contributed by atoms with E-state index < -0.39 is 0 Å². The van der Waals surface area contributed by atoms with E-state index in [2.05, 4.69) is 54.8 Å². The zero-order valence-electron chi connectivity index (χ0n) is 18.5. The molecule has 166 valence electrons. The summed E-state index contributed by atoms with van der Waals surface area (Å²) < 4.78 is 16.6. The first-order valence-corrected chi connectivity index (χ1v) is 12.0. The lowest BCUT2D eigenvalue weighted by atomic mass is 9.76. The standard InChI is InChI=1S/C27H28O4S/c1-3-30-26(28)16-27(18-29-19-27)23-9-11-24(12-10-23)31-17-20-5-4-6-22(15-20)21-7-13-25(32-2)14-8-21/h4-15H,3,16-19H2,1-2H3. The van der Waals surface area contributed by atoms with Gasteiger partial charge >= 0.3 is 5.97 Å². The summed E-state index contributed by atoms with van der Waals surface area (Å²) in [6.07, 6.45) is 2.42. The molecule has 32 heavy (non-hydrogen) atoms. The molecule has 5 heteroatoms. The molecule has 0 bridgehead atoms. The first kappa shape index (κ1) is 22.4. The lowest BCUT2D eigenvalue weighted by molar-refractivity contribution is -0.151. The molecule has 0 spiro atoms. The van der Waals surface area contributed by atoms with E-state index in [1.54, 1.807) is 11.8 Å². The van der Waals surface area contributed by atoms with Gasteiger partial charge in [0.2, 0.25) is 0 Å². The van der Waals surface area contributed by atoms with Gasteiger partial charge in [-0.3, -0.25) is 4.79 Å². The first-order chi connectivity index (χ1) is 15.6. The molecule has 1 saturated heterocycles. The molecule has 0 radical (unpaired) electrons. The van der Waals surface area contributed by atoms with Crippen molar-refractivity contribution >= 4 is 17.7 Å². The van der Waals surface area contributed by atoms with Crippen LogP contribution in [-0.2, 0) is 26.3 Å². The minimum absolute atomic E-state index is 0.181. The second-order valence-corrected chi connectivity index (χ2v) is 8.88. The van der Waals surface area contributed by atoms with E-state index in [1.807, 2.05) is 31.2 Å². The van der Waals surface area contributed by atoms with Crippen molar-refractivity contribution in [1.82, 2.24) is 0 Å². The Hall–Kier alpha value is -2.76. The predicted molar refractivity (Wildman–Crippen MR) is 128 cm³/mol. The van der Waals surface area contributed by atoms with Crippen LogP contribution in [-0.4, -0.2) is 32.0 Å².